The number of nitrogens with zero attached hydrogens (tertiary/aromatic N) is 5. The van der Waals surface area contributed by atoms with Crippen LogP contribution in [0.3, 0.4) is 0 Å². The SMILES string of the molecule is CC(C)(C)OC(=O)N1CCC(c2ccc(-n3c(-c4cccnc4N)nc4cc(-c5ccccc5)cnc43)cc2)C1. The summed E-state index contributed by atoms with van der Waals surface area (Å²) in [5.74, 6) is 1.34. The number of benzene rings is 2. The molecule has 1 aliphatic heterocycles. The number of nitrogen functional groups attached to an aromatic ring is 1. The molecule has 0 spiro atoms. The number of rotatable bonds is 4. The highest BCUT2D eigenvalue weighted by molar-refractivity contribution is 5.85. The minimum Gasteiger partial charge on any atom is -0.444 e. The van der Waals surface area contributed by atoms with Crippen molar-refractivity contribution >= 4 is 23.1 Å². The number of carbonyl (C=O) groups is 1. The van der Waals surface area contributed by atoms with Crippen LogP contribution in [0.2, 0.25) is 0 Å². The minimum atomic E-state index is -0.504. The van der Waals surface area contributed by atoms with Gasteiger partial charge in [0.25, 0.3) is 0 Å². The molecule has 202 valence electrons. The Morgan fingerprint density at radius 1 is 0.975 bits per heavy atom. The number of fused-ring (bicyclic) bond motifs is 1. The number of carbonyl (C=O) groups excluding carboxylic acids is 1. The third kappa shape index (κ3) is 5.00. The van der Waals surface area contributed by atoms with E-state index >= 15 is 0 Å². The van der Waals surface area contributed by atoms with E-state index in [1.165, 1.54) is 5.56 Å². The predicted octanol–water partition coefficient (Wildman–Crippen LogP) is 6.46. The summed E-state index contributed by atoms with van der Waals surface area (Å²) in [6.45, 7) is 7.00. The quantitative estimate of drug-likeness (QED) is 0.285. The highest BCUT2D eigenvalue weighted by Crippen LogP contribution is 2.34. The fraction of sp³-hybridized carbons (Fsp3) is 0.250. The molecule has 8 heteroatoms. The summed E-state index contributed by atoms with van der Waals surface area (Å²) in [6, 6.07) is 24.4. The molecule has 3 aromatic heterocycles. The molecule has 5 aromatic rings. The van der Waals surface area contributed by atoms with Crippen LogP contribution in [0.25, 0.3) is 39.4 Å². The number of anilines is 1. The first-order valence-corrected chi connectivity index (χ1v) is 13.5. The molecule has 1 unspecified atom stereocenters. The van der Waals surface area contributed by atoms with Crippen LogP contribution >= 0.6 is 0 Å². The lowest BCUT2D eigenvalue weighted by atomic mass is 9.98. The smallest absolute Gasteiger partial charge is 0.410 e. The summed E-state index contributed by atoms with van der Waals surface area (Å²) in [5.41, 5.74) is 12.2. The molecule has 0 aliphatic carbocycles. The van der Waals surface area contributed by atoms with Crippen molar-refractivity contribution in [1.82, 2.24) is 24.4 Å². The van der Waals surface area contributed by atoms with E-state index in [0.29, 0.717) is 24.7 Å². The third-order valence-corrected chi connectivity index (χ3v) is 7.15. The molecule has 1 fully saturated rings. The molecule has 4 heterocycles. The molecule has 1 aliphatic rings. The van der Waals surface area contributed by atoms with E-state index in [2.05, 4.69) is 47.4 Å². The molecule has 1 saturated heterocycles. The van der Waals surface area contributed by atoms with Gasteiger partial charge in [-0.15, -0.1) is 0 Å². The molecule has 0 bridgehead atoms. The molecule has 8 nitrogen and oxygen atoms in total. The Hall–Kier alpha value is -4.72. The standard InChI is InChI=1S/C32H32N6O2/c1-32(2,3)40-31(39)37-17-15-23(20-37)22-11-13-25(14-12-22)38-29(26-10-7-16-34-28(26)33)36-27-18-24(19-35-30(27)38)21-8-5-4-6-9-21/h4-14,16,18-19,23H,15,17,20H2,1-3H3,(H2,33,34). The molecular formula is C32H32N6O2. The number of likely N-dealkylation sites (tertiary alicyclic amines) is 1. The second kappa shape index (κ2) is 10.1. The molecule has 6 rings (SSSR count). The number of hydrogen-bond acceptors (Lipinski definition) is 6. The molecule has 1 atom stereocenters. The topological polar surface area (TPSA) is 99.2 Å². The normalized spacial score (nSPS) is 15.5. The first-order valence-electron chi connectivity index (χ1n) is 13.5. The van der Waals surface area contributed by atoms with Crippen molar-refractivity contribution in [2.45, 2.75) is 38.7 Å². The van der Waals surface area contributed by atoms with Crippen LogP contribution in [0.5, 0.6) is 0 Å². The number of pyridine rings is 2. The second-order valence-electron chi connectivity index (χ2n) is 11.1. The van der Waals surface area contributed by atoms with Crippen LogP contribution < -0.4 is 5.73 Å². The molecular weight excluding hydrogens is 500 g/mol. The molecule has 0 radical (unpaired) electrons. The highest BCUT2D eigenvalue weighted by atomic mass is 16.6. The van der Waals surface area contributed by atoms with E-state index in [-0.39, 0.29) is 12.0 Å². The molecule has 40 heavy (non-hydrogen) atoms. The summed E-state index contributed by atoms with van der Waals surface area (Å²) in [6.07, 6.45) is 4.20. The van der Waals surface area contributed by atoms with Crippen molar-refractivity contribution in [3.05, 3.63) is 90.8 Å². The van der Waals surface area contributed by atoms with Gasteiger partial charge in [-0.2, -0.15) is 0 Å². The molecule has 0 saturated carbocycles. The summed E-state index contributed by atoms with van der Waals surface area (Å²) >= 11 is 0. The number of aromatic nitrogens is 4. The maximum Gasteiger partial charge on any atom is 0.410 e. The van der Waals surface area contributed by atoms with E-state index in [1.54, 1.807) is 11.1 Å². The first-order chi connectivity index (χ1) is 19.3. The van der Waals surface area contributed by atoms with E-state index in [9.17, 15) is 4.79 Å². The summed E-state index contributed by atoms with van der Waals surface area (Å²) in [4.78, 5) is 28.5. The zero-order valence-corrected chi connectivity index (χ0v) is 22.9. The zero-order chi connectivity index (χ0) is 27.9. The second-order valence-corrected chi connectivity index (χ2v) is 11.1. The van der Waals surface area contributed by atoms with Gasteiger partial charge >= 0.3 is 6.09 Å². The van der Waals surface area contributed by atoms with Gasteiger partial charge in [-0.25, -0.2) is 19.7 Å². The third-order valence-electron chi connectivity index (χ3n) is 7.15. The van der Waals surface area contributed by atoms with Gasteiger partial charge in [0.15, 0.2) is 11.5 Å². The molecule has 1 amide bonds. The lowest BCUT2D eigenvalue weighted by Gasteiger charge is -2.24. The Bertz CT molecular complexity index is 1670. The largest absolute Gasteiger partial charge is 0.444 e. The van der Waals surface area contributed by atoms with Crippen molar-refractivity contribution in [3.63, 3.8) is 0 Å². The van der Waals surface area contributed by atoms with E-state index in [4.69, 9.17) is 20.4 Å². The van der Waals surface area contributed by atoms with Crippen molar-refractivity contribution in [2.24, 2.45) is 0 Å². The van der Waals surface area contributed by atoms with Crippen LogP contribution in [0, 0.1) is 0 Å². The van der Waals surface area contributed by atoms with Gasteiger partial charge in [0.2, 0.25) is 0 Å². The number of imidazole rings is 1. The fourth-order valence-electron chi connectivity index (χ4n) is 5.21. The molecule has 2 aromatic carbocycles. The van der Waals surface area contributed by atoms with Crippen LogP contribution in [0.15, 0.2) is 85.2 Å². The maximum absolute atomic E-state index is 12.6. The van der Waals surface area contributed by atoms with Gasteiger partial charge in [-0.3, -0.25) is 4.57 Å². The van der Waals surface area contributed by atoms with Gasteiger partial charge in [0.1, 0.15) is 16.9 Å². The Balaban J connectivity index is 1.35. The Labute approximate surface area is 233 Å². The predicted molar refractivity (Wildman–Crippen MR) is 157 cm³/mol. The van der Waals surface area contributed by atoms with Gasteiger partial charge in [0.05, 0.1) is 5.56 Å². The van der Waals surface area contributed by atoms with E-state index < -0.39 is 5.60 Å². The summed E-state index contributed by atoms with van der Waals surface area (Å²) in [5, 5.41) is 0. The van der Waals surface area contributed by atoms with Crippen LogP contribution in [-0.2, 0) is 4.74 Å². The Morgan fingerprint density at radius 3 is 2.48 bits per heavy atom. The van der Waals surface area contributed by atoms with Gasteiger partial charge in [-0.05, 0) is 68.7 Å². The maximum atomic E-state index is 12.6. The lowest BCUT2D eigenvalue weighted by Crippen LogP contribution is -2.35. The highest BCUT2D eigenvalue weighted by Gasteiger charge is 2.30. The Morgan fingerprint density at radius 2 is 1.75 bits per heavy atom. The average Bonchev–Trinajstić information content (AvgIpc) is 3.58. The van der Waals surface area contributed by atoms with Crippen molar-refractivity contribution in [3.8, 4) is 28.2 Å². The average molecular weight is 533 g/mol. The van der Waals surface area contributed by atoms with Crippen LogP contribution in [0.4, 0.5) is 10.6 Å². The number of nitrogens with two attached hydrogens (primary N) is 1. The van der Waals surface area contributed by atoms with E-state index in [0.717, 1.165) is 40.0 Å². The van der Waals surface area contributed by atoms with Gasteiger partial charge in [0, 0.05) is 42.7 Å². The van der Waals surface area contributed by atoms with Crippen molar-refractivity contribution < 1.29 is 9.53 Å². The zero-order valence-electron chi connectivity index (χ0n) is 22.9. The van der Waals surface area contributed by atoms with Crippen molar-refractivity contribution in [2.75, 3.05) is 18.8 Å². The van der Waals surface area contributed by atoms with Crippen molar-refractivity contribution in [1.29, 1.82) is 0 Å². The van der Waals surface area contributed by atoms with Crippen LogP contribution in [-0.4, -0.2) is 49.2 Å². The minimum absolute atomic E-state index is 0.251. The van der Waals surface area contributed by atoms with Gasteiger partial charge in [-0.1, -0.05) is 42.5 Å². The first kappa shape index (κ1) is 25.6. The summed E-state index contributed by atoms with van der Waals surface area (Å²) < 4.78 is 7.60. The van der Waals surface area contributed by atoms with E-state index in [1.807, 2.05) is 61.9 Å². The summed E-state index contributed by atoms with van der Waals surface area (Å²) in [7, 11) is 0. The monoisotopic (exact) mass is 532 g/mol. The number of ether oxygens (including phenoxy) is 1. The van der Waals surface area contributed by atoms with Crippen LogP contribution in [0.1, 0.15) is 38.7 Å². The van der Waals surface area contributed by atoms with Gasteiger partial charge < -0.3 is 15.4 Å². The lowest BCUT2D eigenvalue weighted by molar-refractivity contribution is 0.0292. The fourth-order valence-corrected chi connectivity index (χ4v) is 5.21. The number of amides is 1. The molecule has 2 N–H and O–H groups in total. The number of hydrogen-bond donors (Lipinski definition) is 1. The Kier molecular flexibility index (Phi) is 6.46.